The fourth-order valence-corrected chi connectivity index (χ4v) is 3.17. The van der Waals surface area contributed by atoms with Crippen molar-refractivity contribution in [2.75, 3.05) is 25.2 Å². The number of rotatable bonds is 6. The predicted molar refractivity (Wildman–Crippen MR) is 106 cm³/mol. The van der Waals surface area contributed by atoms with E-state index in [9.17, 15) is 4.79 Å². The normalized spacial score (nSPS) is 13.1. The third-order valence-corrected chi connectivity index (χ3v) is 4.58. The fraction of sp³-hybridized carbons (Fsp3) is 0.250. The van der Waals surface area contributed by atoms with E-state index in [-0.39, 0.29) is 24.9 Å². The molecule has 2 aromatic carbocycles. The van der Waals surface area contributed by atoms with Gasteiger partial charge in [-0.2, -0.15) is 4.98 Å². The van der Waals surface area contributed by atoms with Gasteiger partial charge in [0.1, 0.15) is 12.3 Å². The summed E-state index contributed by atoms with van der Waals surface area (Å²) in [6.45, 7) is 2.47. The van der Waals surface area contributed by atoms with Gasteiger partial charge in [-0.1, -0.05) is 16.8 Å². The van der Waals surface area contributed by atoms with Crippen LogP contribution >= 0.6 is 11.6 Å². The average Bonchev–Trinajstić information content (AvgIpc) is 3.19. The smallest absolute Gasteiger partial charge is 0.265 e. The number of amides is 1. The standard InChI is InChI=1S/C20H18ClN3O5/c1-3-27-16-6-4-12(8-17(16)26-2)20-22-18(29-23-20)10-24-14-9-13(21)5-7-15(14)28-11-19(24)25/h4-9H,3,10-11H2,1-2H3. The monoisotopic (exact) mass is 415 g/mol. The second-order valence-corrected chi connectivity index (χ2v) is 6.63. The van der Waals surface area contributed by atoms with Crippen molar-refractivity contribution in [3.05, 3.63) is 47.3 Å². The zero-order valence-electron chi connectivity index (χ0n) is 15.8. The molecule has 1 aromatic heterocycles. The molecular weight excluding hydrogens is 398 g/mol. The summed E-state index contributed by atoms with van der Waals surface area (Å²) < 4.78 is 21.7. The Bertz CT molecular complexity index is 1050. The van der Waals surface area contributed by atoms with Gasteiger partial charge in [0, 0.05) is 10.6 Å². The van der Waals surface area contributed by atoms with E-state index in [1.807, 2.05) is 13.0 Å². The number of fused-ring (bicyclic) bond motifs is 1. The molecule has 150 valence electrons. The van der Waals surface area contributed by atoms with Crippen LogP contribution in [0.25, 0.3) is 11.4 Å². The van der Waals surface area contributed by atoms with Crippen LogP contribution in [0.5, 0.6) is 17.2 Å². The highest BCUT2D eigenvalue weighted by Crippen LogP contribution is 2.36. The number of hydrogen-bond acceptors (Lipinski definition) is 7. The molecule has 1 aliphatic rings. The Kier molecular flexibility index (Phi) is 5.26. The van der Waals surface area contributed by atoms with Crippen LogP contribution < -0.4 is 19.1 Å². The third-order valence-electron chi connectivity index (χ3n) is 4.35. The van der Waals surface area contributed by atoms with Crippen molar-refractivity contribution in [2.45, 2.75) is 13.5 Å². The molecule has 0 N–H and O–H groups in total. The molecule has 8 nitrogen and oxygen atoms in total. The first kappa shape index (κ1) is 19.1. The zero-order valence-corrected chi connectivity index (χ0v) is 16.6. The second-order valence-electron chi connectivity index (χ2n) is 6.19. The zero-order chi connectivity index (χ0) is 20.4. The van der Waals surface area contributed by atoms with Crippen molar-refractivity contribution in [2.24, 2.45) is 0 Å². The molecular formula is C20H18ClN3O5. The van der Waals surface area contributed by atoms with E-state index >= 15 is 0 Å². The Morgan fingerprint density at radius 3 is 2.86 bits per heavy atom. The van der Waals surface area contributed by atoms with Crippen LogP contribution in [0.2, 0.25) is 5.02 Å². The number of methoxy groups -OCH3 is 1. The highest BCUT2D eigenvalue weighted by atomic mass is 35.5. The molecule has 2 heterocycles. The molecule has 0 unspecified atom stereocenters. The van der Waals surface area contributed by atoms with Crippen LogP contribution in [0.4, 0.5) is 5.69 Å². The quantitative estimate of drug-likeness (QED) is 0.606. The summed E-state index contributed by atoms with van der Waals surface area (Å²) in [5.74, 6) is 2.23. The van der Waals surface area contributed by atoms with Gasteiger partial charge in [0.15, 0.2) is 18.1 Å². The van der Waals surface area contributed by atoms with Crippen LogP contribution in [0.1, 0.15) is 12.8 Å². The molecule has 0 radical (unpaired) electrons. The molecule has 0 bridgehead atoms. The van der Waals surface area contributed by atoms with E-state index in [1.54, 1.807) is 37.4 Å². The maximum absolute atomic E-state index is 12.4. The molecule has 0 saturated carbocycles. The summed E-state index contributed by atoms with van der Waals surface area (Å²) >= 11 is 6.07. The Hall–Kier alpha value is -3.26. The van der Waals surface area contributed by atoms with E-state index in [1.165, 1.54) is 4.90 Å². The number of nitrogens with zero attached hydrogens (tertiary/aromatic N) is 3. The van der Waals surface area contributed by atoms with Gasteiger partial charge in [-0.15, -0.1) is 0 Å². The molecule has 1 aliphatic heterocycles. The van der Waals surface area contributed by atoms with E-state index < -0.39 is 0 Å². The van der Waals surface area contributed by atoms with Gasteiger partial charge < -0.3 is 18.7 Å². The minimum Gasteiger partial charge on any atom is -0.493 e. The Morgan fingerprint density at radius 2 is 2.07 bits per heavy atom. The first-order valence-corrected chi connectivity index (χ1v) is 9.33. The fourth-order valence-electron chi connectivity index (χ4n) is 3.00. The SMILES string of the molecule is CCOc1ccc(-c2noc(CN3C(=O)COc4ccc(Cl)cc43)n2)cc1OC. The summed E-state index contributed by atoms with van der Waals surface area (Å²) in [6, 6.07) is 10.5. The lowest BCUT2D eigenvalue weighted by atomic mass is 10.2. The number of hydrogen-bond donors (Lipinski definition) is 0. The number of anilines is 1. The number of ether oxygens (including phenoxy) is 3. The second kappa shape index (κ2) is 8.00. The maximum Gasteiger partial charge on any atom is 0.265 e. The van der Waals surface area contributed by atoms with Gasteiger partial charge in [-0.05, 0) is 43.3 Å². The van der Waals surface area contributed by atoms with E-state index in [0.717, 1.165) is 0 Å². The van der Waals surface area contributed by atoms with E-state index in [2.05, 4.69) is 10.1 Å². The molecule has 1 amide bonds. The van der Waals surface area contributed by atoms with Gasteiger partial charge in [0.2, 0.25) is 11.7 Å². The minimum absolute atomic E-state index is 0.0638. The van der Waals surface area contributed by atoms with Crippen molar-refractivity contribution in [1.29, 1.82) is 0 Å². The molecule has 0 atom stereocenters. The maximum atomic E-state index is 12.4. The molecule has 9 heteroatoms. The van der Waals surface area contributed by atoms with Crippen LogP contribution in [0.15, 0.2) is 40.9 Å². The van der Waals surface area contributed by atoms with Gasteiger partial charge in [0.25, 0.3) is 5.91 Å². The lowest BCUT2D eigenvalue weighted by Gasteiger charge is -2.28. The Balaban J connectivity index is 1.59. The van der Waals surface area contributed by atoms with Crippen LogP contribution in [-0.2, 0) is 11.3 Å². The first-order chi connectivity index (χ1) is 14.1. The third kappa shape index (κ3) is 3.84. The van der Waals surface area contributed by atoms with Gasteiger partial charge in [0.05, 0.1) is 19.4 Å². The Morgan fingerprint density at radius 1 is 1.21 bits per heavy atom. The summed E-state index contributed by atoms with van der Waals surface area (Å²) in [5.41, 5.74) is 1.27. The topological polar surface area (TPSA) is 86.9 Å². The summed E-state index contributed by atoms with van der Waals surface area (Å²) in [5, 5.41) is 4.52. The summed E-state index contributed by atoms with van der Waals surface area (Å²) in [4.78, 5) is 18.3. The number of benzene rings is 2. The minimum atomic E-state index is -0.220. The molecule has 3 aromatic rings. The Labute approximate surface area is 171 Å². The van der Waals surface area contributed by atoms with E-state index in [0.29, 0.717) is 46.0 Å². The van der Waals surface area contributed by atoms with Crippen molar-refractivity contribution >= 4 is 23.2 Å². The number of carbonyl (C=O) groups excluding carboxylic acids is 1. The van der Waals surface area contributed by atoms with Crippen LogP contribution in [-0.4, -0.2) is 36.4 Å². The van der Waals surface area contributed by atoms with Crippen molar-refractivity contribution < 1.29 is 23.5 Å². The lowest BCUT2D eigenvalue weighted by molar-refractivity contribution is -0.121. The first-order valence-electron chi connectivity index (χ1n) is 8.95. The lowest BCUT2D eigenvalue weighted by Crippen LogP contribution is -2.38. The van der Waals surface area contributed by atoms with Gasteiger partial charge in [-0.25, -0.2) is 0 Å². The molecule has 0 aliphatic carbocycles. The molecule has 0 spiro atoms. The predicted octanol–water partition coefficient (Wildman–Crippen LogP) is 3.72. The van der Waals surface area contributed by atoms with Crippen molar-refractivity contribution in [3.8, 4) is 28.6 Å². The molecule has 0 fully saturated rings. The number of halogens is 1. The number of carbonyl (C=O) groups is 1. The average molecular weight is 416 g/mol. The van der Waals surface area contributed by atoms with Crippen molar-refractivity contribution in [1.82, 2.24) is 10.1 Å². The molecule has 4 rings (SSSR count). The van der Waals surface area contributed by atoms with Crippen LogP contribution in [0, 0.1) is 0 Å². The largest absolute Gasteiger partial charge is 0.493 e. The van der Waals surface area contributed by atoms with Crippen LogP contribution in [0.3, 0.4) is 0 Å². The molecule has 0 saturated heterocycles. The van der Waals surface area contributed by atoms with Gasteiger partial charge in [-0.3, -0.25) is 9.69 Å². The molecule has 29 heavy (non-hydrogen) atoms. The number of aromatic nitrogens is 2. The highest BCUT2D eigenvalue weighted by molar-refractivity contribution is 6.31. The summed E-state index contributed by atoms with van der Waals surface area (Å²) in [7, 11) is 1.57. The van der Waals surface area contributed by atoms with E-state index in [4.69, 9.17) is 30.3 Å². The van der Waals surface area contributed by atoms with Crippen molar-refractivity contribution in [3.63, 3.8) is 0 Å². The summed E-state index contributed by atoms with van der Waals surface area (Å²) in [6.07, 6.45) is 0. The van der Waals surface area contributed by atoms with Gasteiger partial charge >= 0.3 is 0 Å². The highest BCUT2D eigenvalue weighted by Gasteiger charge is 2.27.